The highest BCUT2D eigenvalue weighted by molar-refractivity contribution is 6.05. The molecule has 0 radical (unpaired) electrons. The number of amides is 1. The van der Waals surface area contributed by atoms with E-state index in [4.69, 9.17) is 4.74 Å². The standard InChI is InChI=1S/C21H21F2N3O2/c1-13-11-16(28-14(2)15-7-5-4-6-8-15)9-10-18(13)25-21(27)17-12-24-26(3)19(17)20(22)23/h4-12,14,20H,1-3H3,(H,25,27). The number of benzene rings is 2. The first kappa shape index (κ1) is 19.5. The first-order valence-corrected chi connectivity index (χ1v) is 8.80. The highest BCUT2D eigenvalue weighted by Crippen LogP contribution is 2.27. The maximum Gasteiger partial charge on any atom is 0.280 e. The largest absolute Gasteiger partial charge is 0.486 e. The molecule has 0 spiro atoms. The van der Waals surface area contributed by atoms with Crippen molar-refractivity contribution in [3.05, 3.63) is 77.1 Å². The fourth-order valence-corrected chi connectivity index (χ4v) is 2.92. The summed E-state index contributed by atoms with van der Waals surface area (Å²) >= 11 is 0. The van der Waals surface area contributed by atoms with E-state index in [9.17, 15) is 13.6 Å². The molecule has 3 rings (SSSR count). The Hall–Kier alpha value is -3.22. The minimum Gasteiger partial charge on any atom is -0.486 e. The van der Waals surface area contributed by atoms with E-state index in [-0.39, 0.29) is 11.7 Å². The topological polar surface area (TPSA) is 56.1 Å². The molecule has 1 amide bonds. The molecular weight excluding hydrogens is 364 g/mol. The quantitative estimate of drug-likeness (QED) is 0.645. The van der Waals surface area contributed by atoms with Crippen molar-refractivity contribution in [3.63, 3.8) is 0 Å². The van der Waals surface area contributed by atoms with Gasteiger partial charge < -0.3 is 10.1 Å². The second kappa shape index (κ2) is 8.21. The number of halogens is 2. The van der Waals surface area contributed by atoms with E-state index in [0.717, 1.165) is 22.0 Å². The number of carbonyl (C=O) groups excluding carboxylic acids is 1. The molecule has 0 saturated carbocycles. The number of carbonyl (C=O) groups is 1. The van der Waals surface area contributed by atoms with E-state index < -0.39 is 18.0 Å². The fourth-order valence-electron chi connectivity index (χ4n) is 2.92. The number of nitrogens with one attached hydrogen (secondary N) is 1. The Labute approximate surface area is 161 Å². The van der Waals surface area contributed by atoms with Crippen molar-refractivity contribution in [1.29, 1.82) is 0 Å². The van der Waals surface area contributed by atoms with Crippen molar-refractivity contribution in [1.82, 2.24) is 9.78 Å². The highest BCUT2D eigenvalue weighted by atomic mass is 19.3. The number of rotatable bonds is 6. The predicted octanol–water partition coefficient (Wildman–Crippen LogP) is 5.06. The molecule has 1 atom stereocenters. The normalized spacial score (nSPS) is 12.1. The minimum absolute atomic E-state index is 0.134. The molecule has 1 N–H and O–H groups in total. The number of hydrogen-bond acceptors (Lipinski definition) is 3. The Kier molecular flexibility index (Phi) is 5.73. The van der Waals surface area contributed by atoms with Crippen LogP contribution in [0.2, 0.25) is 0 Å². The molecule has 28 heavy (non-hydrogen) atoms. The fraction of sp³-hybridized carbons (Fsp3) is 0.238. The maximum absolute atomic E-state index is 13.2. The van der Waals surface area contributed by atoms with Crippen LogP contribution >= 0.6 is 0 Å². The van der Waals surface area contributed by atoms with Crippen molar-refractivity contribution in [2.45, 2.75) is 26.4 Å². The molecule has 7 heteroatoms. The number of aryl methyl sites for hydroxylation is 2. The second-order valence-electron chi connectivity index (χ2n) is 6.47. The van der Waals surface area contributed by atoms with E-state index in [1.54, 1.807) is 18.2 Å². The van der Waals surface area contributed by atoms with Gasteiger partial charge in [0, 0.05) is 12.7 Å². The first-order chi connectivity index (χ1) is 13.4. The summed E-state index contributed by atoms with van der Waals surface area (Å²) in [5.41, 5.74) is 1.78. The van der Waals surface area contributed by atoms with Crippen LogP contribution in [0.5, 0.6) is 5.75 Å². The molecule has 1 heterocycles. The Morgan fingerprint density at radius 2 is 1.89 bits per heavy atom. The lowest BCUT2D eigenvalue weighted by atomic mass is 10.1. The summed E-state index contributed by atoms with van der Waals surface area (Å²) in [5.74, 6) is 0.0271. The summed E-state index contributed by atoms with van der Waals surface area (Å²) < 4.78 is 33.3. The van der Waals surface area contributed by atoms with Gasteiger partial charge in [0.2, 0.25) is 0 Å². The number of ether oxygens (including phenoxy) is 1. The zero-order valence-corrected chi connectivity index (χ0v) is 15.8. The lowest BCUT2D eigenvalue weighted by Crippen LogP contribution is -2.15. The third kappa shape index (κ3) is 4.19. The van der Waals surface area contributed by atoms with Gasteiger partial charge in [0.15, 0.2) is 0 Å². The number of anilines is 1. The lowest BCUT2D eigenvalue weighted by molar-refractivity contribution is 0.100. The van der Waals surface area contributed by atoms with Crippen LogP contribution in [0.15, 0.2) is 54.7 Å². The van der Waals surface area contributed by atoms with E-state index in [1.165, 1.54) is 7.05 Å². The van der Waals surface area contributed by atoms with Crippen LogP contribution in [-0.4, -0.2) is 15.7 Å². The van der Waals surface area contributed by atoms with E-state index in [1.807, 2.05) is 44.2 Å². The summed E-state index contributed by atoms with van der Waals surface area (Å²) in [6, 6.07) is 15.0. The summed E-state index contributed by atoms with van der Waals surface area (Å²) in [6.07, 6.45) is -1.78. The Morgan fingerprint density at radius 3 is 2.54 bits per heavy atom. The molecule has 0 aliphatic heterocycles. The van der Waals surface area contributed by atoms with Crippen LogP contribution < -0.4 is 10.1 Å². The average Bonchev–Trinajstić information content (AvgIpc) is 3.06. The highest BCUT2D eigenvalue weighted by Gasteiger charge is 2.23. The molecule has 1 unspecified atom stereocenters. The smallest absolute Gasteiger partial charge is 0.280 e. The van der Waals surface area contributed by atoms with Crippen LogP contribution in [0.1, 0.15) is 46.6 Å². The van der Waals surface area contributed by atoms with Gasteiger partial charge in [-0.2, -0.15) is 5.10 Å². The van der Waals surface area contributed by atoms with Gasteiger partial charge in [-0.25, -0.2) is 8.78 Å². The molecular formula is C21H21F2N3O2. The molecule has 3 aromatic rings. The second-order valence-corrected chi connectivity index (χ2v) is 6.47. The van der Waals surface area contributed by atoms with Crippen molar-refractivity contribution in [2.75, 3.05) is 5.32 Å². The third-order valence-corrected chi connectivity index (χ3v) is 4.46. The molecule has 1 aromatic heterocycles. The zero-order chi connectivity index (χ0) is 20.3. The van der Waals surface area contributed by atoms with Gasteiger partial charge in [-0.3, -0.25) is 9.48 Å². The first-order valence-electron chi connectivity index (χ1n) is 8.80. The Balaban J connectivity index is 1.73. The Morgan fingerprint density at radius 1 is 1.18 bits per heavy atom. The molecule has 0 bridgehead atoms. The van der Waals surface area contributed by atoms with Gasteiger partial charge in [-0.1, -0.05) is 30.3 Å². The molecule has 0 aliphatic rings. The molecule has 0 saturated heterocycles. The maximum atomic E-state index is 13.2. The molecule has 2 aromatic carbocycles. The minimum atomic E-state index is -2.79. The summed E-state index contributed by atoms with van der Waals surface area (Å²) in [4.78, 5) is 12.4. The van der Waals surface area contributed by atoms with Crippen LogP contribution in [0.4, 0.5) is 14.5 Å². The van der Waals surface area contributed by atoms with Crippen LogP contribution in [0, 0.1) is 6.92 Å². The van der Waals surface area contributed by atoms with Gasteiger partial charge in [-0.05, 0) is 43.2 Å². The monoisotopic (exact) mass is 385 g/mol. The summed E-state index contributed by atoms with van der Waals surface area (Å²) in [5, 5.41) is 6.42. The van der Waals surface area contributed by atoms with Crippen molar-refractivity contribution in [2.24, 2.45) is 7.05 Å². The summed E-state index contributed by atoms with van der Waals surface area (Å²) in [7, 11) is 1.38. The van der Waals surface area contributed by atoms with Gasteiger partial charge in [0.25, 0.3) is 12.3 Å². The zero-order valence-electron chi connectivity index (χ0n) is 15.8. The average molecular weight is 385 g/mol. The number of hydrogen-bond donors (Lipinski definition) is 1. The van der Waals surface area contributed by atoms with Crippen LogP contribution in [0.3, 0.4) is 0 Å². The van der Waals surface area contributed by atoms with Gasteiger partial charge in [0.1, 0.15) is 17.5 Å². The number of aromatic nitrogens is 2. The van der Waals surface area contributed by atoms with Crippen molar-refractivity contribution in [3.8, 4) is 5.75 Å². The van der Waals surface area contributed by atoms with Gasteiger partial charge >= 0.3 is 0 Å². The lowest BCUT2D eigenvalue weighted by Gasteiger charge is -2.16. The molecule has 0 fully saturated rings. The van der Waals surface area contributed by atoms with E-state index >= 15 is 0 Å². The number of alkyl halides is 2. The third-order valence-electron chi connectivity index (χ3n) is 4.46. The summed E-state index contributed by atoms with van der Waals surface area (Å²) in [6.45, 7) is 3.77. The van der Waals surface area contributed by atoms with Gasteiger partial charge in [-0.15, -0.1) is 0 Å². The number of nitrogens with zero attached hydrogens (tertiary/aromatic N) is 2. The molecule has 146 valence electrons. The SMILES string of the molecule is Cc1cc(OC(C)c2ccccc2)ccc1NC(=O)c1cnn(C)c1C(F)F. The van der Waals surface area contributed by atoms with Gasteiger partial charge in [0.05, 0.1) is 11.8 Å². The predicted molar refractivity (Wildman–Crippen MR) is 103 cm³/mol. The van der Waals surface area contributed by atoms with E-state index in [2.05, 4.69) is 10.4 Å². The van der Waals surface area contributed by atoms with Crippen molar-refractivity contribution >= 4 is 11.6 Å². The van der Waals surface area contributed by atoms with E-state index in [0.29, 0.717) is 11.4 Å². The van der Waals surface area contributed by atoms with Crippen LogP contribution in [0.25, 0.3) is 0 Å². The molecule has 0 aliphatic carbocycles. The Bertz CT molecular complexity index is 971. The van der Waals surface area contributed by atoms with Crippen molar-refractivity contribution < 1.29 is 18.3 Å². The van der Waals surface area contributed by atoms with Crippen LogP contribution in [-0.2, 0) is 7.05 Å². The molecule has 5 nitrogen and oxygen atoms in total.